The molecule has 0 aliphatic heterocycles. The maximum Gasteiger partial charge on any atom is 0.160 e. The Hall–Kier alpha value is -1.30. The van der Waals surface area contributed by atoms with Crippen LogP contribution in [-0.4, -0.2) is 36.8 Å². The molecule has 0 bridgehead atoms. The molecule has 1 atom stereocenters. The molecule has 4 nitrogen and oxygen atoms in total. The summed E-state index contributed by atoms with van der Waals surface area (Å²) < 4.78 is 5.05. The first-order chi connectivity index (χ1) is 10.1. The number of nitrogens with one attached hydrogen (secondary N) is 1. The van der Waals surface area contributed by atoms with E-state index in [1.54, 1.807) is 18.4 Å². The zero-order valence-corrected chi connectivity index (χ0v) is 14.0. The number of nitrogens with zero attached hydrogens (tertiary/aromatic N) is 2. The first-order valence-electron chi connectivity index (χ1n) is 7.20. The highest BCUT2D eigenvalue weighted by atomic mass is 32.1. The molecule has 1 N–H and O–H groups in total. The molecule has 0 amide bonds. The van der Waals surface area contributed by atoms with Gasteiger partial charge in [0.15, 0.2) is 5.82 Å². The molecule has 2 heterocycles. The smallest absolute Gasteiger partial charge is 0.160 e. The highest BCUT2D eigenvalue weighted by Crippen LogP contribution is 2.25. The summed E-state index contributed by atoms with van der Waals surface area (Å²) in [6, 6.07) is 2.06. The van der Waals surface area contributed by atoms with Crippen molar-refractivity contribution in [2.45, 2.75) is 26.7 Å². The van der Waals surface area contributed by atoms with Gasteiger partial charge in [0.05, 0.1) is 6.61 Å². The van der Waals surface area contributed by atoms with Gasteiger partial charge in [-0.3, -0.25) is 0 Å². The van der Waals surface area contributed by atoms with E-state index in [-0.39, 0.29) is 0 Å². The van der Waals surface area contributed by atoms with Gasteiger partial charge < -0.3 is 10.1 Å². The van der Waals surface area contributed by atoms with Crippen molar-refractivity contribution in [3.63, 3.8) is 0 Å². The largest absolute Gasteiger partial charge is 0.383 e. The number of hydrogen-bond donors (Lipinski definition) is 1. The number of thiophene rings is 1. The van der Waals surface area contributed by atoms with Crippen molar-refractivity contribution in [3.05, 3.63) is 33.8 Å². The number of ether oxygens (including phenoxy) is 1. The van der Waals surface area contributed by atoms with E-state index >= 15 is 0 Å². The van der Waals surface area contributed by atoms with Crippen LogP contribution in [0.4, 0.5) is 0 Å². The van der Waals surface area contributed by atoms with Gasteiger partial charge in [0.2, 0.25) is 0 Å². The number of aromatic nitrogens is 2. The van der Waals surface area contributed by atoms with E-state index in [0.717, 1.165) is 42.5 Å². The van der Waals surface area contributed by atoms with Crippen LogP contribution in [0.3, 0.4) is 0 Å². The Kier molecular flexibility index (Phi) is 5.85. The predicted octanol–water partition coefficient (Wildman–Crippen LogP) is 3.16. The van der Waals surface area contributed by atoms with E-state index < -0.39 is 0 Å². The Morgan fingerprint density at radius 3 is 2.57 bits per heavy atom. The second-order valence-corrected chi connectivity index (χ2v) is 6.02. The second-order valence-electron chi connectivity index (χ2n) is 5.24. The maximum atomic E-state index is 5.05. The van der Waals surface area contributed by atoms with E-state index in [0.29, 0.717) is 5.92 Å². The number of aryl methyl sites for hydroxylation is 2. The maximum absolute atomic E-state index is 5.05. The summed E-state index contributed by atoms with van der Waals surface area (Å²) in [4.78, 5) is 9.37. The third-order valence-corrected chi connectivity index (χ3v) is 4.22. The van der Waals surface area contributed by atoms with E-state index in [4.69, 9.17) is 4.74 Å². The molecule has 0 fully saturated rings. The van der Waals surface area contributed by atoms with Crippen LogP contribution in [-0.2, 0) is 4.74 Å². The molecule has 0 radical (unpaired) electrons. The summed E-state index contributed by atoms with van der Waals surface area (Å²) in [6.45, 7) is 8.87. The van der Waals surface area contributed by atoms with Crippen molar-refractivity contribution in [2.75, 3.05) is 26.8 Å². The first-order valence-corrected chi connectivity index (χ1v) is 8.15. The number of methoxy groups -OCH3 is 1. The first kappa shape index (κ1) is 16.1. The molecule has 2 rings (SSSR count). The van der Waals surface area contributed by atoms with E-state index in [2.05, 4.69) is 52.9 Å². The Morgan fingerprint density at radius 1 is 1.29 bits per heavy atom. The van der Waals surface area contributed by atoms with Crippen molar-refractivity contribution in [2.24, 2.45) is 0 Å². The minimum absolute atomic E-state index is 0.387. The van der Waals surface area contributed by atoms with Crippen LogP contribution < -0.4 is 5.32 Å². The van der Waals surface area contributed by atoms with Crippen molar-refractivity contribution >= 4 is 11.3 Å². The fourth-order valence-electron chi connectivity index (χ4n) is 2.55. The fourth-order valence-corrected chi connectivity index (χ4v) is 3.19. The van der Waals surface area contributed by atoms with Crippen LogP contribution in [0.25, 0.3) is 11.4 Å². The monoisotopic (exact) mass is 305 g/mol. The van der Waals surface area contributed by atoms with Crippen molar-refractivity contribution in [3.8, 4) is 11.4 Å². The van der Waals surface area contributed by atoms with Crippen molar-refractivity contribution in [1.82, 2.24) is 15.3 Å². The Morgan fingerprint density at radius 2 is 2.00 bits per heavy atom. The Bertz CT molecular complexity index is 546. The van der Waals surface area contributed by atoms with Crippen molar-refractivity contribution < 1.29 is 4.74 Å². The summed E-state index contributed by atoms with van der Waals surface area (Å²) in [6.07, 6.45) is 0. The molecule has 21 heavy (non-hydrogen) atoms. The van der Waals surface area contributed by atoms with Crippen LogP contribution in [0.1, 0.15) is 29.8 Å². The summed E-state index contributed by atoms with van der Waals surface area (Å²) >= 11 is 1.67. The molecular weight excluding hydrogens is 282 g/mol. The van der Waals surface area contributed by atoms with Gasteiger partial charge in [0.25, 0.3) is 0 Å². The third kappa shape index (κ3) is 4.09. The fraction of sp³-hybridized carbons (Fsp3) is 0.500. The Balaban J connectivity index is 2.13. The quantitative estimate of drug-likeness (QED) is 0.798. The van der Waals surface area contributed by atoms with Gasteiger partial charge >= 0.3 is 0 Å². The molecule has 0 saturated carbocycles. The van der Waals surface area contributed by atoms with Gasteiger partial charge in [-0.1, -0.05) is 6.92 Å². The summed E-state index contributed by atoms with van der Waals surface area (Å²) in [5, 5.41) is 7.54. The number of rotatable bonds is 7. The lowest BCUT2D eigenvalue weighted by molar-refractivity contribution is 0.199. The van der Waals surface area contributed by atoms with E-state index in [1.165, 1.54) is 5.56 Å². The van der Waals surface area contributed by atoms with Crippen LogP contribution in [0.5, 0.6) is 0 Å². The van der Waals surface area contributed by atoms with Crippen molar-refractivity contribution in [1.29, 1.82) is 0 Å². The van der Waals surface area contributed by atoms with Gasteiger partial charge in [-0.05, 0) is 36.8 Å². The standard InChI is InChI=1S/C16H23N3OS/c1-11(9-17-6-7-20-4)15-12(2)18-16(19-13(15)3)14-5-8-21-10-14/h5,8,10-11,17H,6-7,9H2,1-4H3. The molecule has 5 heteroatoms. The lowest BCUT2D eigenvalue weighted by Gasteiger charge is -2.17. The molecule has 0 saturated heterocycles. The molecule has 2 aromatic rings. The summed E-state index contributed by atoms with van der Waals surface area (Å²) in [7, 11) is 1.72. The predicted molar refractivity (Wildman–Crippen MR) is 88.0 cm³/mol. The zero-order chi connectivity index (χ0) is 15.2. The van der Waals surface area contributed by atoms with Gasteiger partial charge in [-0.25, -0.2) is 9.97 Å². The molecule has 0 aliphatic rings. The van der Waals surface area contributed by atoms with Crippen LogP contribution in [0.15, 0.2) is 16.8 Å². The topological polar surface area (TPSA) is 47.0 Å². The van der Waals surface area contributed by atoms with E-state index in [1.807, 2.05) is 0 Å². The molecule has 0 aliphatic carbocycles. The van der Waals surface area contributed by atoms with Crippen LogP contribution in [0.2, 0.25) is 0 Å². The average Bonchev–Trinajstić information content (AvgIpc) is 2.97. The lowest BCUT2D eigenvalue weighted by Crippen LogP contribution is -2.25. The van der Waals surface area contributed by atoms with Gasteiger partial charge in [0.1, 0.15) is 0 Å². The number of hydrogen-bond acceptors (Lipinski definition) is 5. The molecule has 0 spiro atoms. The highest BCUT2D eigenvalue weighted by molar-refractivity contribution is 7.08. The molecule has 2 aromatic heterocycles. The third-order valence-electron chi connectivity index (χ3n) is 3.53. The molecular formula is C16H23N3OS. The Labute approximate surface area is 130 Å². The highest BCUT2D eigenvalue weighted by Gasteiger charge is 2.15. The summed E-state index contributed by atoms with van der Waals surface area (Å²) in [5.74, 6) is 1.22. The summed E-state index contributed by atoms with van der Waals surface area (Å²) in [5.41, 5.74) is 4.50. The molecule has 114 valence electrons. The SMILES string of the molecule is COCCNCC(C)c1c(C)nc(-c2ccsc2)nc1C. The van der Waals surface area contributed by atoms with Gasteiger partial charge in [-0.15, -0.1) is 0 Å². The lowest BCUT2D eigenvalue weighted by atomic mass is 9.98. The average molecular weight is 305 g/mol. The normalized spacial score (nSPS) is 12.6. The minimum Gasteiger partial charge on any atom is -0.383 e. The van der Waals surface area contributed by atoms with Crippen LogP contribution >= 0.6 is 11.3 Å². The molecule has 1 unspecified atom stereocenters. The van der Waals surface area contributed by atoms with Gasteiger partial charge in [-0.2, -0.15) is 11.3 Å². The zero-order valence-electron chi connectivity index (χ0n) is 13.1. The molecule has 0 aromatic carbocycles. The minimum atomic E-state index is 0.387. The van der Waals surface area contributed by atoms with E-state index in [9.17, 15) is 0 Å². The van der Waals surface area contributed by atoms with Gasteiger partial charge in [0, 0.05) is 42.5 Å². The van der Waals surface area contributed by atoms with Crippen LogP contribution in [0, 0.1) is 13.8 Å². The second kappa shape index (κ2) is 7.64.